The number of pyridine rings is 1. The summed E-state index contributed by atoms with van der Waals surface area (Å²) in [6.45, 7) is 7.70. The third kappa shape index (κ3) is 4.60. The second kappa shape index (κ2) is 9.49. The van der Waals surface area contributed by atoms with Crippen LogP contribution in [0.15, 0.2) is 35.6 Å². The van der Waals surface area contributed by atoms with Crippen molar-refractivity contribution in [3.63, 3.8) is 0 Å². The summed E-state index contributed by atoms with van der Waals surface area (Å²) in [6, 6.07) is 3.82. The van der Waals surface area contributed by atoms with Crippen LogP contribution >= 0.6 is 0 Å². The molecular formula is C22H29N5O3. The van der Waals surface area contributed by atoms with E-state index in [0.717, 1.165) is 56.9 Å². The maximum atomic E-state index is 13.2. The summed E-state index contributed by atoms with van der Waals surface area (Å²) in [4.78, 5) is 38.7. The van der Waals surface area contributed by atoms with E-state index in [9.17, 15) is 9.59 Å². The van der Waals surface area contributed by atoms with Crippen LogP contribution in [0.25, 0.3) is 0 Å². The predicted octanol–water partition coefficient (Wildman–Crippen LogP) is 1.30. The molecule has 160 valence electrons. The smallest absolute Gasteiger partial charge is 0.263 e. The van der Waals surface area contributed by atoms with Crippen molar-refractivity contribution in [1.82, 2.24) is 24.3 Å². The van der Waals surface area contributed by atoms with E-state index < -0.39 is 0 Å². The van der Waals surface area contributed by atoms with Crippen LogP contribution in [0, 0.1) is 6.92 Å². The fraction of sp³-hybridized carbons (Fsp3) is 0.545. The van der Waals surface area contributed by atoms with Crippen LogP contribution in [-0.4, -0.2) is 76.2 Å². The average molecular weight is 412 g/mol. The highest BCUT2D eigenvalue weighted by molar-refractivity contribution is 5.95. The molecule has 0 atom stereocenters. The Morgan fingerprint density at radius 1 is 1.13 bits per heavy atom. The number of carbonyl (C=O) groups excluding carboxylic acids is 1. The lowest BCUT2D eigenvalue weighted by Gasteiger charge is -2.32. The van der Waals surface area contributed by atoms with Crippen molar-refractivity contribution < 1.29 is 9.53 Å². The van der Waals surface area contributed by atoms with Crippen LogP contribution in [0.1, 0.15) is 40.4 Å². The van der Waals surface area contributed by atoms with E-state index in [0.29, 0.717) is 31.1 Å². The van der Waals surface area contributed by atoms with Gasteiger partial charge in [-0.25, -0.2) is 9.97 Å². The molecule has 30 heavy (non-hydrogen) atoms. The Balaban J connectivity index is 1.42. The van der Waals surface area contributed by atoms with Crippen molar-refractivity contribution in [1.29, 1.82) is 0 Å². The first-order valence-corrected chi connectivity index (χ1v) is 10.7. The van der Waals surface area contributed by atoms with E-state index >= 15 is 0 Å². The molecule has 0 saturated carbocycles. The van der Waals surface area contributed by atoms with E-state index in [-0.39, 0.29) is 11.5 Å². The highest BCUT2D eigenvalue weighted by Gasteiger charge is 2.28. The number of amides is 1. The van der Waals surface area contributed by atoms with Crippen LogP contribution in [0.3, 0.4) is 0 Å². The third-order valence-electron chi connectivity index (χ3n) is 6.15. The molecule has 0 radical (unpaired) electrons. The lowest BCUT2D eigenvalue weighted by Crippen LogP contribution is -2.43. The third-order valence-corrected chi connectivity index (χ3v) is 6.15. The maximum Gasteiger partial charge on any atom is 0.263 e. The molecule has 2 aromatic rings. The maximum absolute atomic E-state index is 13.2. The molecule has 2 aromatic heterocycles. The van der Waals surface area contributed by atoms with Gasteiger partial charge in [0.2, 0.25) is 0 Å². The van der Waals surface area contributed by atoms with Gasteiger partial charge in [0.25, 0.3) is 11.5 Å². The number of hydrogen-bond acceptors (Lipinski definition) is 6. The van der Waals surface area contributed by atoms with Gasteiger partial charge in [-0.15, -0.1) is 0 Å². The number of rotatable bonds is 5. The minimum absolute atomic E-state index is 0.153. The van der Waals surface area contributed by atoms with Gasteiger partial charge in [0.1, 0.15) is 11.9 Å². The first-order chi connectivity index (χ1) is 14.6. The lowest BCUT2D eigenvalue weighted by atomic mass is 9.93. The summed E-state index contributed by atoms with van der Waals surface area (Å²) in [5.41, 5.74) is 1.88. The number of aromatic nitrogens is 3. The zero-order valence-electron chi connectivity index (χ0n) is 17.5. The Labute approximate surface area is 176 Å². The summed E-state index contributed by atoms with van der Waals surface area (Å²) in [5, 5.41) is 0. The monoisotopic (exact) mass is 411 g/mol. The van der Waals surface area contributed by atoms with E-state index in [2.05, 4.69) is 14.9 Å². The second-order valence-electron chi connectivity index (χ2n) is 8.03. The number of morpholine rings is 1. The van der Waals surface area contributed by atoms with Crippen LogP contribution < -0.4 is 5.56 Å². The minimum Gasteiger partial charge on any atom is -0.379 e. The first kappa shape index (κ1) is 20.7. The second-order valence-corrected chi connectivity index (χ2v) is 8.03. The van der Waals surface area contributed by atoms with Gasteiger partial charge in [-0.2, -0.15) is 0 Å². The van der Waals surface area contributed by atoms with Crippen LogP contribution in [-0.2, 0) is 11.3 Å². The van der Waals surface area contributed by atoms with Gasteiger partial charge in [-0.05, 0) is 37.5 Å². The molecule has 2 aliphatic heterocycles. The highest BCUT2D eigenvalue weighted by atomic mass is 16.5. The van der Waals surface area contributed by atoms with Crippen molar-refractivity contribution in [2.75, 3.05) is 45.9 Å². The van der Waals surface area contributed by atoms with Crippen LogP contribution in [0.2, 0.25) is 0 Å². The summed E-state index contributed by atoms with van der Waals surface area (Å²) in [6.07, 6.45) is 6.82. The van der Waals surface area contributed by atoms with Gasteiger partial charge >= 0.3 is 0 Å². The largest absolute Gasteiger partial charge is 0.379 e. The number of aryl methyl sites for hydroxylation is 1. The molecule has 8 heteroatoms. The molecule has 0 spiro atoms. The fourth-order valence-corrected chi connectivity index (χ4v) is 4.25. The molecule has 0 aromatic carbocycles. The van der Waals surface area contributed by atoms with Gasteiger partial charge in [0, 0.05) is 63.3 Å². The SMILES string of the molecule is Cc1ccn(CCN2CCOCC2)c(=O)c1C(=O)N1CCC(c2ccncn2)CC1. The number of hydrogen-bond donors (Lipinski definition) is 0. The van der Waals surface area contributed by atoms with Gasteiger partial charge in [0.15, 0.2) is 0 Å². The quantitative estimate of drug-likeness (QED) is 0.738. The molecule has 0 N–H and O–H groups in total. The van der Waals surface area contributed by atoms with Crippen molar-refractivity contribution in [2.45, 2.75) is 32.2 Å². The van der Waals surface area contributed by atoms with Gasteiger partial charge in [0.05, 0.1) is 13.2 Å². The number of nitrogens with zero attached hydrogens (tertiary/aromatic N) is 5. The molecule has 2 aliphatic rings. The molecule has 8 nitrogen and oxygen atoms in total. The fourth-order valence-electron chi connectivity index (χ4n) is 4.25. The van der Waals surface area contributed by atoms with Crippen molar-refractivity contribution >= 4 is 5.91 Å². The highest BCUT2D eigenvalue weighted by Crippen LogP contribution is 2.26. The zero-order valence-corrected chi connectivity index (χ0v) is 17.5. The van der Waals surface area contributed by atoms with Crippen LogP contribution in [0.4, 0.5) is 0 Å². The number of carbonyl (C=O) groups is 1. The van der Waals surface area contributed by atoms with Gasteiger partial charge in [-0.1, -0.05) is 0 Å². The Morgan fingerprint density at radius 3 is 2.60 bits per heavy atom. The van der Waals surface area contributed by atoms with E-state index in [1.165, 1.54) is 0 Å². The summed E-state index contributed by atoms with van der Waals surface area (Å²) in [7, 11) is 0. The molecule has 4 heterocycles. The topological polar surface area (TPSA) is 80.6 Å². The van der Waals surface area contributed by atoms with E-state index in [1.54, 1.807) is 23.3 Å². The normalized spacial score (nSPS) is 18.5. The molecule has 0 aliphatic carbocycles. The average Bonchev–Trinajstić information content (AvgIpc) is 2.80. The van der Waals surface area contributed by atoms with Crippen LogP contribution in [0.5, 0.6) is 0 Å². The first-order valence-electron chi connectivity index (χ1n) is 10.7. The zero-order chi connectivity index (χ0) is 20.9. The molecule has 0 unspecified atom stereocenters. The molecule has 0 bridgehead atoms. The summed E-state index contributed by atoms with van der Waals surface area (Å²) >= 11 is 0. The number of ether oxygens (including phenoxy) is 1. The van der Waals surface area contributed by atoms with E-state index in [4.69, 9.17) is 4.74 Å². The number of piperidine rings is 1. The molecule has 2 saturated heterocycles. The molecular weight excluding hydrogens is 382 g/mol. The standard InChI is InChI=1S/C22H29N5O3/c1-17-3-7-27(11-10-25-12-14-30-15-13-25)22(29)20(17)21(28)26-8-4-18(5-9-26)19-2-6-23-16-24-19/h2-3,6-7,16,18H,4-5,8-15H2,1H3. The van der Waals surface area contributed by atoms with Gasteiger partial charge < -0.3 is 14.2 Å². The Hall–Kier alpha value is -2.58. The summed E-state index contributed by atoms with van der Waals surface area (Å²) in [5.74, 6) is 0.179. The van der Waals surface area contributed by atoms with Crippen molar-refractivity contribution in [2.24, 2.45) is 0 Å². The molecule has 2 fully saturated rings. The lowest BCUT2D eigenvalue weighted by molar-refractivity contribution is 0.0362. The van der Waals surface area contributed by atoms with Crippen molar-refractivity contribution in [3.05, 3.63) is 58.0 Å². The molecule has 1 amide bonds. The summed E-state index contributed by atoms with van der Waals surface area (Å²) < 4.78 is 7.05. The molecule has 4 rings (SSSR count). The number of likely N-dealkylation sites (tertiary alicyclic amines) is 1. The van der Waals surface area contributed by atoms with Crippen molar-refractivity contribution in [3.8, 4) is 0 Å². The van der Waals surface area contributed by atoms with E-state index in [1.807, 2.05) is 24.0 Å². The predicted molar refractivity (Wildman–Crippen MR) is 113 cm³/mol. The Bertz CT molecular complexity index is 916. The van der Waals surface area contributed by atoms with Gasteiger partial charge in [-0.3, -0.25) is 14.5 Å². The Kier molecular flexibility index (Phi) is 6.54. The Morgan fingerprint density at radius 2 is 1.90 bits per heavy atom. The minimum atomic E-state index is -0.189.